The van der Waals surface area contributed by atoms with Crippen molar-refractivity contribution in [2.45, 2.75) is 26.4 Å². The Balaban J connectivity index is 3.10. The van der Waals surface area contributed by atoms with Gasteiger partial charge in [0.1, 0.15) is 11.4 Å². The van der Waals surface area contributed by atoms with Crippen LogP contribution >= 0.6 is 0 Å². The molecule has 0 aliphatic rings. The fourth-order valence-electron chi connectivity index (χ4n) is 1.25. The van der Waals surface area contributed by atoms with Crippen LogP contribution in [-0.2, 0) is 0 Å². The van der Waals surface area contributed by atoms with Crippen LogP contribution in [0.1, 0.15) is 25.3 Å². The Morgan fingerprint density at radius 1 is 1.33 bits per heavy atom. The molecule has 1 aromatic rings. The van der Waals surface area contributed by atoms with Gasteiger partial charge < -0.3 is 4.74 Å². The van der Waals surface area contributed by atoms with Gasteiger partial charge in [0.25, 0.3) is 0 Å². The fraction of sp³-hybridized carbons (Fsp3) is 0.400. The maximum atomic E-state index is 12.1. The second-order valence-corrected chi connectivity index (χ2v) is 3.35. The first-order valence-corrected chi connectivity index (χ1v) is 4.46. The highest BCUT2D eigenvalue weighted by atomic mass is 19.3. The molecule has 0 radical (unpaired) electrons. The number of nitrogens with zero attached hydrogens (tertiary/aromatic N) is 1. The van der Waals surface area contributed by atoms with Gasteiger partial charge in [-0.25, -0.2) is 0 Å². The van der Waals surface area contributed by atoms with Crippen LogP contribution in [0.25, 0.3) is 0 Å². The quantitative estimate of drug-likeness (QED) is 0.716. The molecule has 0 unspecified atom stereocenters. The van der Waals surface area contributed by atoms with Gasteiger partial charge >= 0.3 is 6.61 Å². The van der Waals surface area contributed by atoms with E-state index in [4.69, 9.17) is 0 Å². The van der Waals surface area contributed by atoms with Crippen molar-refractivity contribution in [3.05, 3.63) is 28.7 Å². The van der Waals surface area contributed by atoms with Gasteiger partial charge in [-0.15, -0.1) is 4.91 Å². The normalized spacial score (nSPS) is 10.8. The topological polar surface area (TPSA) is 38.7 Å². The Kier molecular flexibility index (Phi) is 3.71. The van der Waals surface area contributed by atoms with Crippen molar-refractivity contribution >= 4 is 5.69 Å². The zero-order chi connectivity index (χ0) is 11.4. The summed E-state index contributed by atoms with van der Waals surface area (Å²) in [4.78, 5) is 10.2. The molecule has 0 saturated carbocycles. The predicted octanol–water partition coefficient (Wildman–Crippen LogP) is 3.81. The van der Waals surface area contributed by atoms with E-state index in [0.29, 0.717) is 5.56 Å². The maximum Gasteiger partial charge on any atom is 0.387 e. The summed E-state index contributed by atoms with van der Waals surface area (Å²) in [6.45, 7) is 0.799. The highest BCUT2D eigenvalue weighted by molar-refractivity contribution is 5.48. The average Bonchev–Trinajstić information content (AvgIpc) is 2.16. The average molecular weight is 215 g/mol. The van der Waals surface area contributed by atoms with Crippen LogP contribution in [0.15, 0.2) is 23.4 Å². The van der Waals surface area contributed by atoms with Crippen LogP contribution in [0.2, 0.25) is 0 Å². The third-order valence-electron chi connectivity index (χ3n) is 1.94. The molecule has 5 heteroatoms. The Labute approximate surface area is 86.0 Å². The highest BCUT2D eigenvalue weighted by Crippen LogP contribution is 2.31. The van der Waals surface area contributed by atoms with Gasteiger partial charge in [-0.2, -0.15) is 8.78 Å². The van der Waals surface area contributed by atoms with Crippen molar-refractivity contribution in [2.75, 3.05) is 0 Å². The molecule has 1 aromatic carbocycles. The smallest absolute Gasteiger partial charge is 0.387 e. The lowest BCUT2D eigenvalue weighted by atomic mass is 10.0. The van der Waals surface area contributed by atoms with Crippen LogP contribution in [-0.4, -0.2) is 6.61 Å². The lowest BCUT2D eigenvalue weighted by Gasteiger charge is -2.13. The standard InChI is InChI=1S/C10H11F2NO2/c1-6(2)8-4-3-7(13-14)5-9(8)15-10(11)12/h3-6,10H,1-2H3. The number of halogens is 2. The molecular formula is C10H11F2NO2. The van der Waals surface area contributed by atoms with Crippen molar-refractivity contribution in [2.24, 2.45) is 5.18 Å². The van der Waals surface area contributed by atoms with E-state index < -0.39 is 6.61 Å². The molecular weight excluding hydrogens is 204 g/mol. The van der Waals surface area contributed by atoms with Gasteiger partial charge in [-0.3, -0.25) is 0 Å². The minimum atomic E-state index is -2.90. The molecule has 0 amide bonds. The van der Waals surface area contributed by atoms with E-state index in [1.165, 1.54) is 12.1 Å². The SMILES string of the molecule is CC(C)c1ccc(N=O)cc1OC(F)F. The summed E-state index contributed by atoms with van der Waals surface area (Å²) >= 11 is 0. The monoisotopic (exact) mass is 215 g/mol. The lowest BCUT2D eigenvalue weighted by molar-refractivity contribution is -0.0505. The van der Waals surface area contributed by atoms with E-state index in [1.54, 1.807) is 6.07 Å². The zero-order valence-electron chi connectivity index (χ0n) is 8.41. The summed E-state index contributed by atoms with van der Waals surface area (Å²) in [7, 11) is 0. The molecule has 0 aliphatic carbocycles. The summed E-state index contributed by atoms with van der Waals surface area (Å²) in [5.41, 5.74) is 0.706. The molecule has 15 heavy (non-hydrogen) atoms. The Bertz CT molecular complexity index is 353. The molecule has 1 rings (SSSR count). The van der Waals surface area contributed by atoms with Crippen LogP contribution in [0.3, 0.4) is 0 Å². The second-order valence-electron chi connectivity index (χ2n) is 3.35. The van der Waals surface area contributed by atoms with Crippen molar-refractivity contribution in [3.8, 4) is 5.75 Å². The highest BCUT2D eigenvalue weighted by Gasteiger charge is 2.13. The van der Waals surface area contributed by atoms with Crippen molar-refractivity contribution < 1.29 is 13.5 Å². The first-order chi connectivity index (χ1) is 7.04. The number of rotatable bonds is 4. The molecule has 0 spiro atoms. The van der Waals surface area contributed by atoms with E-state index in [1.807, 2.05) is 13.8 Å². The van der Waals surface area contributed by atoms with E-state index in [-0.39, 0.29) is 17.4 Å². The van der Waals surface area contributed by atoms with Crippen molar-refractivity contribution in [3.63, 3.8) is 0 Å². The molecule has 0 aromatic heterocycles. The summed E-state index contributed by atoms with van der Waals surface area (Å²) in [6, 6.07) is 4.26. The molecule has 0 heterocycles. The number of nitroso groups, excluding NO2 is 1. The third-order valence-corrected chi connectivity index (χ3v) is 1.94. The second kappa shape index (κ2) is 4.82. The Morgan fingerprint density at radius 2 is 2.00 bits per heavy atom. The number of hydrogen-bond acceptors (Lipinski definition) is 3. The van der Waals surface area contributed by atoms with Crippen LogP contribution in [0, 0.1) is 4.91 Å². The Hall–Kier alpha value is -1.52. The number of alkyl halides is 2. The van der Waals surface area contributed by atoms with Gasteiger partial charge in [0.2, 0.25) is 0 Å². The van der Waals surface area contributed by atoms with Crippen molar-refractivity contribution in [1.29, 1.82) is 0 Å². The van der Waals surface area contributed by atoms with Crippen LogP contribution in [0.4, 0.5) is 14.5 Å². The minimum Gasteiger partial charge on any atom is -0.434 e. The molecule has 82 valence electrons. The number of benzene rings is 1. The Morgan fingerprint density at radius 3 is 2.47 bits per heavy atom. The molecule has 0 bridgehead atoms. The van der Waals surface area contributed by atoms with E-state index in [2.05, 4.69) is 9.91 Å². The van der Waals surface area contributed by atoms with E-state index >= 15 is 0 Å². The summed E-state index contributed by atoms with van der Waals surface area (Å²) in [6.07, 6.45) is 0. The lowest BCUT2D eigenvalue weighted by Crippen LogP contribution is -2.05. The largest absolute Gasteiger partial charge is 0.434 e. The number of ether oxygens (including phenoxy) is 1. The molecule has 0 fully saturated rings. The third kappa shape index (κ3) is 2.97. The first-order valence-electron chi connectivity index (χ1n) is 4.46. The van der Waals surface area contributed by atoms with E-state index in [9.17, 15) is 13.7 Å². The van der Waals surface area contributed by atoms with Crippen LogP contribution in [0.5, 0.6) is 5.75 Å². The zero-order valence-corrected chi connectivity index (χ0v) is 8.41. The summed E-state index contributed by atoms with van der Waals surface area (Å²) in [5, 5.41) is 2.66. The summed E-state index contributed by atoms with van der Waals surface area (Å²) in [5.74, 6) is 0.0524. The molecule has 0 aliphatic heterocycles. The molecule has 0 saturated heterocycles. The molecule has 0 N–H and O–H groups in total. The van der Waals surface area contributed by atoms with Crippen LogP contribution < -0.4 is 4.74 Å². The van der Waals surface area contributed by atoms with Gasteiger partial charge in [0.15, 0.2) is 0 Å². The summed E-state index contributed by atoms with van der Waals surface area (Å²) < 4.78 is 28.5. The van der Waals surface area contributed by atoms with Gasteiger partial charge in [-0.05, 0) is 22.7 Å². The first kappa shape index (κ1) is 11.6. The van der Waals surface area contributed by atoms with E-state index in [0.717, 1.165) is 0 Å². The van der Waals surface area contributed by atoms with Gasteiger partial charge in [0.05, 0.1) is 0 Å². The number of hydrogen-bond donors (Lipinski definition) is 0. The molecule has 0 atom stereocenters. The minimum absolute atomic E-state index is 0.0112. The van der Waals surface area contributed by atoms with Gasteiger partial charge in [-0.1, -0.05) is 19.9 Å². The van der Waals surface area contributed by atoms with Gasteiger partial charge in [0, 0.05) is 6.07 Å². The maximum absolute atomic E-state index is 12.1. The van der Waals surface area contributed by atoms with Crippen molar-refractivity contribution in [1.82, 2.24) is 0 Å². The fourth-order valence-corrected chi connectivity index (χ4v) is 1.25. The molecule has 3 nitrogen and oxygen atoms in total. The predicted molar refractivity (Wildman–Crippen MR) is 52.6 cm³/mol.